The van der Waals surface area contributed by atoms with Crippen LogP contribution in [0, 0.1) is 34.6 Å². The fourth-order valence-corrected chi connectivity index (χ4v) is 3.34. The summed E-state index contributed by atoms with van der Waals surface area (Å²) in [5.41, 5.74) is -1.43. The normalized spacial score (nSPS) is 11.0. The first kappa shape index (κ1) is 23.1. The van der Waals surface area contributed by atoms with Crippen molar-refractivity contribution in [2.75, 3.05) is 0 Å². The summed E-state index contributed by atoms with van der Waals surface area (Å²) in [5, 5.41) is 32.8. The maximum atomic E-state index is 14.3. The van der Waals surface area contributed by atoms with Gasteiger partial charge in [-0.3, -0.25) is 0 Å². The molecule has 162 valence electrons. The van der Waals surface area contributed by atoms with Crippen molar-refractivity contribution in [3.63, 3.8) is 0 Å². The number of fused-ring (bicyclic) bond motifs is 1. The van der Waals surface area contributed by atoms with Gasteiger partial charge < -0.3 is 4.74 Å². The van der Waals surface area contributed by atoms with E-state index in [1.807, 2.05) is 0 Å². The molecule has 3 aromatic carbocycles. The molecule has 14 heteroatoms. The van der Waals surface area contributed by atoms with Gasteiger partial charge >= 0.3 is 0 Å². The van der Waals surface area contributed by atoms with E-state index < -0.39 is 34.6 Å². The highest BCUT2D eigenvalue weighted by Gasteiger charge is 2.27. The minimum Gasteiger partial charge on any atom is -0.450 e. The van der Waals surface area contributed by atoms with Crippen LogP contribution in [-0.4, -0.2) is 10.5 Å². The van der Waals surface area contributed by atoms with Gasteiger partial charge in [0.1, 0.15) is 17.4 Å². The van der Waals surface area contributed by atoms with Gasteiger partial charge in [0, 0.05) is 15.2 Å². The van der Waals surface area contributed by atoms with Gasteiger partial charge in [0.2, 0.25) is 17.4 Å². The monoisotopic (exact) mass is 477 g/mol. The minimum absolute atomic E-state index is 0.174. The predicted octanol–water partition coefficient (Wildman–Crippen LogP) is 5.92. The third kappa shape index (κ3) is 4.84. The van der Waals surface area contributed by atoms with Gasteiger partial charge in [-0.15, -0.1) is 8.67 Å². The molecule has 2 N–H and O–H groups in total. The van der Waals surface area contributed by atoms with Crippen molar-refractivity contribution in [3.05, 3.63) is 59.2 Å². The second kappa shape index (κ2) is 10.1. The van der Waals surface area contributed by atoms with E-state index >= 15 is 0 Å². The van der Waals surface area contributed by atoms with E-state index in [4.69, 9.17) is 20.5 Å². The number of hydrogen-bond donors (Lipinski definition) is 2. The highest BCUT2D eigenvalue weighted by atomic mass is 32.2. The molecular formula is C17H7F4NO7S2. The molecule has 0 amide bonds. The van der Waals surface area contributed by atoms with Gasteiger partial charge in [0.15, 0.2) is 11.6 Å². The molecule has 0 unspecified atom stereocenters. The van der Waals surface area contributed by atoms with Crippen molar-refractivity contribution < 1.29 is 51.6 Å². The largest absolute Gasteiger partial charge is 0.450 e. The Kier molecular flexibility index (Phi) is 7.54. The van der Waals surface area contributed by atoms with Gasteiger partial charge in [-0.1, -0.05) is 10.1 Å². The third-order valence-corrected chi connectivity index (χ3v) is 4.86. The number of nitriles is 1. The van der Waals surface area contributed by atoms with Gasteiger partial charge in [-0.2, -0.15) is 14.0 Å². The van der Waals surface area contributed by atoms with Crippen molar-refractivity contribution in [2.24, 2.45) is 0 Å². The van der Waals surface area contributed by atoms with Crippen LogP contribution < -0.4 is 4.74 Å². The Balaban J connectivity index is 2.14. The molecule has 31 heavy (non-hydrogen) atoms. The predicted molar refractivity (Wildman–Crippen MR) is 96.3 cm³/mol. The van der Waals surface area contributed by atoms with E-state index in [1.165, 1.54) is 30.3 Å². The first-order valence-corrected chi connectivity index (χ1v) is 9.20. The number of halogens is 4. The van der Waals surface area contributed by atoms with Crippen LogP contribution in [0.5, 0.6) is 11.5 Å². The highest BCUT2D eigenvalue weighted by molar-refractivity contribution is 7.94. The maximum Gasteiger partial charge on any atom is 0.205 e. The lowest BCUT2D eigenvalue weighted by atomic mass is 10.1. The molecule has 0 aliphatic carbocycles. The van der Waals surface area contributed by atoms with E-state index in [9.17, 15) is 17.6 Å². The number of nitrogens with zero attached hydrogens (tertiary/aromatic N) is 1. The third-order valence-electron chi connectivity index (χ3n) is 3.73. The maximum absolute atomic E-state index is 14.3. The fourth-order valence-electron chi connectivity index (χ4n) is 2.49. The molecule has 0 fully saturated rings. The summed E-state index contributed by atoms with van der Waals surface area (Å²) >= 11 is 1.09. The van der Waals surface area contributed by atoms with Crippen molar-refractivity contribution in [1.82, 2.24) is 0 Å². The molecule has 0 spiro atoms. The molecule has 8 nitrogen and oxygen atoms in total. The van der Waals surface area contributed by atoms with Gasteiger partial charge in [-0.25, -0.2) is 19.3 Å². The van der Waals surface area contributed by atoms with Gasteiger partial charge in [0.25, 0.3) is 0 Å². The van der Waals surface area contributed by atoms with Crippen LogP contribution in [0.1, 0.15) is 5.56 Å². The average Bonchev–Trinajstić information content (AvgIpc) is 2.77. The topological polar surface area (TPSA) is 110 Å². The van der Waals surface area contributed by atoms with Crippen LogP contribution in [-0.2, 0) is 18.7 Å². The molecule has 0 heterocycles. The van der Waals surface area contributed by atoms with Crippen LogP contribution in [0.4, 0.5) is 17.6 Å². The van der Waals surface area contributed by atoms with E-state index in [0.717, 1.165) is 6.07 Å². The average molecular weight is 477 g/mol. The lowest BCUT2D eigenvalue weighted by Gasteiger charge is -2.14. The molecule has 0 aliphatic rings. The van der Waals surface area contributed by atoms with E-state index in [-0.39, 0.29) is 16.0 Å². The molecule has 3 rings (SSSR count). The zero-order valence-electron chi connectivity index (χ0n) is 14.6. The van der Waals surface area contributed by atoms with Crippen LogP contribution >= 0.6 is 24.1 Å². The van der Waals surface area contributed by atoms with Crippen LogP contribution in [0.3, 0.4) is 0 Å². The lowest BCUT2D eigenvalue weighted by Crippen LogP contribution is -2.04. The Morgan fingerprint density at radius 3 is 1.97 bits per heavy atom. The van der Waals surface area contributed by atoms with Crippen LogP contribution in [0.15, 0.2) is 40.1 Å². The van der Waals surface area contributed by atoms with Crippen molar-refractivity contribution in [1.29, 1.82) is 5.26 Å². The Hall–Kier alpha value is -2.61. The summed E-state index contributed by atoms with van der Waals surface area (Å²) < 4.78 is 70.2. The van der Waals surface area contributed by atoms with Crippen molar-refractivity contribution in [2.45, 2.75) is 9.79 Å². The number of rotatable bonds is 8. The Labute approximate surface area is 178 Å². The fraction of sp³-hybridized carbons (Fsp3) is 0. The molecule has 3 aromatic rings. The summed E-state index contributed by atoms with van der Waals surface area (Å²) in [5.74, 6) is -9.31. The summed E-state index contributed by atoms with van der Waals surface area (Å²) in [4.78, 5) is 0.579. The summed E-state index contributed by atoms with van der Waals surface area (Å²) in [6.07, 6.45) is 0. The first-order chi connectivity index (χ1) is 14.9. The first-order valence-electron chi connectivity index (χ1n) is 7.72. The van der Waals surface area contributed by atoms with Crippen molar-refractivity contribution in [3.8, 4) is 17.6 Å². The zero-order valence-corrected chi connectivity index (χ0v) is 16.2. The molecule has 0 aliphatic heterocycles. The van der Waals surface area contributed by atoms with Gasteiger partial charge in [-0.05, 0) is 35.7 Å². The standard InChI is InChI=1S/C17H7F4NO7S2/c18-13-11(6-22)14(19)16(21)17(15(13)20)25-12-5-9(31-29-27-24)4-7-3-8(30-28-26-23)1-2-10(7)12/h1-5,23-24H. The van der Waals surface area contributed by atoms with E-state index in [2.05, 4.69) is 18.7 Å². The molecule has 0 radical (unpaired) electrons. The molecule has 0 saturated heterocycles. The number of benzene rings is 3. The Morgan fingerprint density at radius 2 is 1.39 bits per heavy atom. The second-order valence-corrected chi connectivity index (χ2v) is 6.98. The zero-order chi connectivity index (χ0) is 22.5. The minimum atomic E-state index is -1.91. The van der Waals surface area contributed by atoms with E-state index in [0.29, 0.717) is 34.4 Å². The Morgan fingerprint density at radius 1 is 0.806 bits per heavy atom. The molecule has 0 saturated carbocycles. The summed E-state index contributed by atoms with van der Waals surface area (Å²) in [6, 6.07) is 8.03. The van der Waals surface area contributed by atoms with E-state index in [1.54, 1.807) is 0 Å². The van der Waals surface area contributed by atoms with Crippen LogP contribution in [0.25, 0.3) is 10.8 Å². The van der Waals surface area contributed by atoms with Crippen molar-refractivity contribution >= 4 is 34.9 Å². The van der Waals surface area contributed by atoms with Crippen LogP contribution in [0.2, 0.25) is 0 Å². The summed E-state index contributed by atoms with van der Waals surface area (Å²) in [7, 11) is 0. The lowest BCUT2D eigenvalue weighted by molar-refractivity contribution is -0.432. The molecule has 0 aromatic heterocycles. The number of ether oxygens (including phenoxy) is 1. The molecule has 0 atom stereocenters. The smallest absolute Gasteiger partial charge is 0.205 e. The Bertz CT molecular complexity index is 1140. The molecular weight excluding hydrogens is 470 g/mol. The quantitative estimate of drug-likeness (QED) is 0.133. The SMILES string of the molecule is N#Cc1c(F)c(F)c(Oc2cc(SOOO)cc3cc(SOOO)ccc23)c(F)c1F. The second-order valence-electron chi connectivity index (χ2n) is 5.43. The number of hydrogen-bond acceptors (Lipinski definition) is 10. The van der Waals surface area contributed by atoms with Gasteiger partial charge in [0.05, 0.1) is 24.1 Å². The highest BCUT2D eigenvalue weighted by Crippen LogP contribution is 2.39. The molecule has 0 bridgehead atoms. The summed E-state index contributed by atoms with van der Waals surface area (Å²) in [6.45, 7) is 0.